The Bertz CT molecular complexity index is 1120. The standard InChI is InChI=1S/C26H31ClF3N5O3/c27-18-3-5-19(6-4-18)31-20-9-13-33(14-10-20)12-1-2-25(36)34-15-11-22(17-34)32-21-7-8-24(35(37)38)23(16-21)26(28,29)30/h3-8,16,20,22,31-32H,1-2,9-15,17H2/t22-/m1/s1. The van der Waals surface area contributed by atoms with Crippen molar-refractivity contribution in [2.24, 2.45) is 0 Å². The Morgan fingerprint density at radius 1 is 1.00 bits per heavy atom. The highest BCUT2D eigenvalue weighted by molar-refractivity contribution is 6.30. The number of carbonyl (C=O) groups excluding carboxylic acids is 1. The molecule has 0 unspecified atom stereocenters. The number of likely N-dealkylation sites (tertiary alicyclic amines) is 2. The maximum Gasteiger partial charge on any atom is 0.423 e. The lowest BCUT2D eigenvalue weighted by molar-refractivity contribution is -0.388. The summed E-state index contributed by atoms with van der Waals surface area (Å²) in [5, 5.41) is 18.2. The zero-order valence-corrected chi connectivity index (χ0v) is 21.6. The van der Waals surface area contributed by atoms with Gasteiger partial charge < -0.3 is 20.4 Å². The number of rotatable bonds is 9. The van der Waals surface area contributed by atoms with Gasteiger partial charge in [-0.05, 0) is 68.6 Å². The van der Waals surface area contributed by atoms with Crippen LogP contribution in [0.1, 0.15) is 37.7 Å². The first-order valence-corrected chi connectivity index (χ1v) is 13.1. The molecule has 2 aliphatic heterocycles. The molecule has 0 spiro atoms. The second-order valence-corrected chi connectivity index (χ2v) is 10.3. The van der Waals surface area contributed by atoms with Crippen molar-refractivity contribution in [2.75, 3.05) is 43.4 Å². The van der Waals surface area contributed by atoms with Gasteiger partial charge in [0.05, 0.1) is 4.92 Å². The third kappa shape index (κ3) is 7.50. The molecular weight excluding hydrogens is 523 g/mol. The van der Waals surface area contributed by atoms with Crippen LogP contribution in [-0.4, -0.2) is 65.4 Å². The molecule has 2 heterocycles. The van der Waals surface area contributed by atoms with Gasteiger partial charge in [0.1, 0.15) is 5.56 Å². The molecule has 0 bridgehead atoms. The number of hydrogen-bond acceptors (Lipinski definition) is 6. The summed E-state index contributed by atoms with van der Waals surface area (Å²) in [6.45, 7) is 3.68. The smallest absolute Gasteiger partial charge is 0.382 e. The van der Waals surface area contributed by atoms with E-state index in [9.17, 15) is 28.1 Å². The van der Waals surface area contributed by atoms with Crippen molar-refractivity contribution >= 4 is 34.6 Å². The van der Waals surface area contributed by atoms with E-state index < -0.39 is 22.4 Å². The third-order valence-electron chi connectivity index (χ3n) is 7.08. The quantitative estimate of drug-likeness (QED) is 0.309. The van der Waals surface area contributed by atoms with E-state index in [0.717, 1.165) is 56.7 Å². The summed E-state index contributed by atoms with van der Waals surface area (Å²) in [7, 11) is 0. The van der Waals surface area contributed by atoms with Crippen molar-refractivity contribution in [1.82, 2.24) is 9.80 Å². The molecule has 1 amide bonds. The van der Waals surface area contributed by atoms with Crippen LogP contribution in [0.15, 0.2) is 42.5 Å². The van der Waals surface area contributed by atoms with Gasteiger partial charge in [-0.2, -0.15) is 13.2 Å². The number of nitrogens with one attached hydrogen (secondary N) is 2. The number of nitro benzene ring substituents is 1. The van der Waals surface area contributed by atoms with Crippen LogP contribution in [-0.2, 0) is 11.0 Å². The van der Waals surface area contributed by atoms with Gasteiger partial charge in [-0.1, -0.05) is 11.6 Å². The molecule has 2 N–H and O–H groups in total. The predicted molar refractivity (Wildman–Crippen MR) is 140 cm³/mol. The number of hydrogen-bond donors (Lipinski definition) is 2. The summed E-state index contributed by atoms with van der Waals surface area (Å²) < 4.78 is 39.7. The Hall–Kier alpha value is -3.05. The van der Waals surface area contributed by atoms with Crippen LogP contribution in [0, 0.1) is 10.1 Å². The van der Waals surface area contributed by atoms with E-state index in [2.05, 4.69) is 15.5 Å². The number of nitrogens with zero attached hydrogens (tertiary/aromatic N) is 3. The molecule has 2 fully saturated rings. The molecular formula is C26H31ClF3N5O3. The molecule has 0 saturated carbocycles. The van der Waals surface area contributed by atoms with Crippen molar-refractivity contribution in [3.8, 4) is 0 Å². The first-order chi connectivity index (χ1) is 18.1. The minimum absolute atomic E-state index is 0.0354. The summed E-state index contributed by atoms with van der Waals surface area (Å²) in [5.74, 6) is 0.0354. The fourth-order valence-electron chi connectivity index (χ4n) is 5.05. The van der Waals surface area contributed by atoms with Crippen LogP contribution in [0.2, 0.25) is 5.02 Å². The Morgan fingerprint density at radius 3 is 2.29 bits per heavy atom. The van der Waals surface area contributed by atoms with E-state index in [-0.39, 0.29) is 17.6 Å². The molecule has 0 radical (unpaired) electrons. The minimum atomic E-state index is -4.83. The molecule has 12 heteroatoms. The van der Waals surface area contributed by atoms with E-state index in [4.69, 9.17) is 11.6 Å². The van der Waals surface area contributed by atoms with Crippen LogP contribution < -0.4 is 10.6 Å². The topological polar surface area (TPSA) is 90.8 Å². The number of alkyl halides is 3. The molecule has 206 valence electrons. The highest BCUT2D eigenvalue weighted by Gasteiger charge is 2.38. The fraction of sp³-hybridized carbons (Fsp3) is 0.500. The first-order valence-electron chi connectivity index (χ1n) is 12.7. The van der Waals surface area contributed by atoms with Crippen molar-refractivity contribution in [1.29, 1.82) is 0 Å². The number of piperidine rings is 1. The molecule has 2 aliphatic rings. The lowest BCUT2D eigenvalue weighted by Crippen LogP contribution is -2.40. The average Bonchev–Trinajstić information content (AvgIpc) is 3.34. The van der Waals surface area contributed by atoms with Gasteiger partial charge in [-0.25, -0.2) is 0 Å². The zero-order chi connectivity index (χ0) is 27.3. The summed E-state index contributed by atoms with van der Waals surface area (Å²) in [6.07, 6.45) is -1.02. The van der Waals surface area contributed by atoms with Gasteiger partial charge in [0.25, 0.3) is 5.69 Å². The van der Waals surface area contributed by atoms with E-state index in [1.807, 2.05) is 24.3 Å². The van der Waals surface area contributed by atoms with E-state index in [1.54, 1.807) is 4.90 Å². The number of carbonyl (C=O) groups is 1. The molecule has 2 aromatic rings. The number of anilines is 2. The summed E-state index contributed by atoms with van der Waals surface area (Å²) in [5.41, 5.74) is -1.06. The molecule has 1 atom stereocenters. The Balaban J connectivity index is 1.17. The van der Waals surface area contributed by atoms with E-state index in [0.29, 0.717) is 37.0 Å². The van der Waals surface area contributed by atoms with Gasteiger partial charge in [0, 0.05) is 67.1 Å². The maximum absolute atomic E-state index is 13.2. The summed E-state index contributed by atoms with van der Waals surface area (Å²) in [6, 6.07) is 10.8. The van der Waals surface area contributed by atoms with Gasteiger partial charge >= 0.3 is 6.18 Å². The largest absolute Gasteiger partial charge is 0.423 e. The SMILES string of the molecule is O=C(CCCN1CCC(Nc2ccc(Cl)cc2)CC1)N1CC[C@@H](Nc2ccc([N+](=O)[O-])c(C(F)(F)F)c2)C1. The van der Waals surface area contributed by atoms with Gasteiger partial charge in [0.2, 0.25) is 5.91 Å². The summed E-state index contributed by atoms with van der Waals surface area (Å²) in [4.78, 5) is 26.7. The maximum atomic E-state index is 13.2. The molecule has 0 aliphatic carbocycles. The normalized spacial score (nSPS) is 18.9. The van der Waals surface area contributed by atoms with E-state index in [1.165, 1.54) is 6.07 Å². The van der Waals surface area contributed by atoms with Crippen LogP contribution in [0.25, 0.3) is 0 Å². The van der Waals surface area contributed by atoms with Crippen LogP contribution in [0.4, 0.5) is 30.2 Å². The van der Waals surface area contributed by atoms with Crippen molar-refractivity contribution in [3.63, 3.8) is 0 Å². The van der Waals surface area contributed by atoms with Crippen molar-refractivity contribution < 1.29 is 22.9 Å². The van der Waals surface area contributed by atoms with Crippen LogP contribution in [0.5, 0.6) is 0 Å². The molecule has 4 rings (SSSR count). The first kappa shape index (κ1) is 28.0. The molecule has 8 nitrogen and oxygen atoms in total. The van der Waals surface area contributed by atoms with E-state index >= 15 is 0 Å². The number of benzene rings is 2. The highest BCUT2D eigenvalue weighted by Crippen LogP contribution is 2.38. The Labute approximate surface area is 224 Å². The van der Waals surface area contributed by atoms with Crippen molar-refractivity contribution in [2.45, 2.75) is 50.4 Å². The second kappa shape index (κ2) is 12.2. The number of nitro groups is 1. The lowest BCUT2D eigenvalue weighted by Gasteiger charge is -2.33. The molecule has 0 aromatic heterocycles. The zero-order valence-electron chi connectivity index (χ0n) is 20.8. The fourth-order valence-corrected chi connectivity index (χ4v) is 5.17. The predicted octanol–water partition coefficient (Wildman–Crippen LogP) is 5.64. The Morgan fingerprint density at radius 2 is 1.63 bits per heavy atom. The van der Waals surface area contributed by atoms with Gasteiger partial charge in [-0.3, -0.25) is 14.9 Å². The summed E-state index contributed by atoms with van der Waals surface area (Å²) >= 11 is 5.94. The molecule has 2 saturated heterocycles. The highest BCUT2D eigenvalue weighted by atomic mass is 35.5. The average molecular weight is 554 g/mol. The Kier molecular flexibility index (Phi) is 8.99. The van der Waals surface area contributed by atoms with Gasteiger partial charge in [-0.15, -0.1) is 0 Å². The lowest BCUT2D eigenvalue weighted by atomic mass is 10.0. The van der Waals surface area contributed by atoms with Crippen LogP contribution in [0.3, 0.4) is 0 Å². The minimum Gasteiger partial charge on any atom is -0.382 e. The number of amides is 1. The van der Waals surface area contributed by atoms with Crippen molar-refractivity contribution in [3.05, 3.63) is 63.2 Å². The molecule has 38 heavy (non-hydrogen) atoms. The third-order valence-corrected chi connectivity index (χ3v) is 7.33. The monoisotopic (exact) mass is 553 g/mol. The number of halogens is 4. The van der Waals surface area contributed by atoms with Gasteiger partial charge in [0.15, 0.2) is 0 Å². The molecule has 2 aromatic carbocycles. The second-order valence-electron chi connectivity index (χ2n) is 9.83. The van der Waals surface area contributed by atoms with Crippen LogP contribution >= 0.6 is 11.6 Å².